The number of aromatic nitrogens is 2. The number of nitrogens with zero attached hydrogens (tertiary/aromatic N) is 2. The summed E-state index contributed by atoms with van der Waals surface area (Å²) >= 11 is 0. The van der Waals surface area contributed by atoms with E-state index in [9.17, 15) is 0 Å². The zero-order chi connectivity index (χ0) is 41.4. The van der Waals surface area contributed by atoms with Crippen LogP contribution in [0.1, 0.15) is 16.7 Å². The van der Waals surface area contributed by atoms with Crippen molar-refractivity contribution in [3.63, 3.8) is 0 Å². The minimum absolute atomic E-state index is 0.238. The average molecular weight is 819 g/mol. The molecule has 1 atom stereocenters. The number of allylic oxidation sites excluding steroid dienone is 1. The van der Waals surface area contributed by atoms with E-state index in [0.717, 1.165) is 38.8 Å². The van der Waals surface area contributed by atoms with Crippen LogP contribution < -0.4 is 0 Å². The van der Waals surface area contributed by atoms with Gasteiger partial charge in [0.2, 0.25) is 0 Å². The van der Waals surface area contributed by atoms with Gasteiger partial charge in [0.1, 0.15) is 0 Å². The topological polar surface area (TPSA) is 25.8 Å². The lowest BCUT2D eigenvalue weighted by molar-refractivity contribution is 1.37. The highest BCUT2D eigenvalue weighted by Gasteiger charge is 2.29. The summed E-state index contributed by atoms with van der Waals surface area (Å²) in [5.74, 6) is 0.930. The molecule has 294 valence electrons. The van der Waals surface area contributed by atoms with E-state index in [1.807, 2.05) is 12.3 Å². The van der Waals surface area contributed by atoms with Gasteiger partial charge in [-0.3, -0.25) is 4.98 Å². The van der Waals surface area contributed by atoms with Gasteiger partial charge in [-0.05, 0) is 94.7 Å². The number of hydrogen-bond acceptors (Lipinski definition) is 2. The lowest BCUT2D eigenvalue weighted by atomic mass is 9.89. The number of hydrogen-bond donors (Lipinski definition) is 0. The van der Waals surface area contributed by atoms with E-state index in [0.29, 0.717) is 0 Å². The molecule has 12 aromatic rings. The summed E-state index contributed by atoms with van der Waals surface area (Å²) in [6.45, 7) is 0. The highest BCUT2D eigenvalue weighted by Crippen LogP contribution is 2.51. The van der Waals surface area contributed by atoms with E-state index in [4.69, 9.17) is 9.97 Å². The fraction of sp³-hybridized carbons (Fsp3) is 0.0167. The van der Waals surface area contributed by atoms with Gasteiger partial charge in [-0.25, -0.2) is 4.98 Å². The first kappa shape index (κ1) is 36.0. The normalized spacial score (nSPS) is 14.3. The van der Waals surface area contributed by atoms with Crippen molar-refractivity contribution >= 4 is 91.4 Å². The van der Waals surface area contributed by atoms with E-state index in [2.05, 4.69) is 206 Å². The summed E-state index contributed by atoms with van der Waals surface area (Å²) < 4.78 is 0. The van der Waals surface area contributed by atoms with E-state index in [-0.39, 0.29) is 10.5 Å². The third-order valence-corrected chi connectivity index (χ3v) is 15.5. The first-order chi connectivity index (χ1) is 31.2. The number of fused-ring (bicyclic) bond motifs is 4. The molecule has 63 heavy (non-hydrogen) atoms. The quantitative estimate of drug-likeness (QED) is 0.123. The third kappa shape index (κ3) is 5.78. The van der Waals surface area contributed by atoms with E-state index in [1.54, 1.807) is 0 Å². The predicted molar refractivity (Wildman–Crippen MR) is 270 cm³/mol. The van der Waals surface area contributed by atoms with Gasteiger partial charge in [0.25, 0.3) is 0 Å². The Kier molecular flexibility index (Phi) is 8.25. The maximum absolute atomic E-state index is 5.24. The molecule has 10 aromatic carbocycles. The molecule has 0 spiro atoms. The van der Waals surface area contributed by atoms with Gasteiger partial charge in [0.05, 0.1) is 16.7 Å². The Morgan fingerprint density at radius 3 is 1.73 bits per heavy atom. The molecule has 0 radical (unpaired) electrons. The largest absolute Gasteiger partial charge is 0.254 e. The van der Waals surface area contributed by atoms with Crippen LogP contribution in [0.4, 0.5) is 0 Å². The number of rotatable bonds is 6. The molecule has 0 saturated heterocycles. The Balaban J connectivity index is 0.951. The molecule has 0 aliphatic carbocycles. The third-order valence-electron chi connectivity index (χ3n) is 13.1. The summed E-state index contributed by atoms with van der Waals surface area (Å²) in [7, 11) is -0.238. The minimum atomic E-state index is -0.238. The van der Waals surface area contributed by atoms with Crippen molar-refractivity contribution in [2.75, 3.05) is 5.75 Å². The maximum atomic E-state index is 5.24. The SMILES string of the molecule is c1ccc(C2=C(c3ccc(-c4ccc(-c5ccc6ccc7cccnc7c6n5)c5ccccc45)cc3)CS(c3ccc4ccc5cccc6ccc3c4c56)=C2c2ccccc2)cc1. The van der Waals surface area contributed by atoms with Crippen LogP contribution in [0.2, 0.25) is 0 Å². The van der Waals surface area contributed by atoms with Crippen LogP contribution in [0.3, 0.4) is 0 Å². The fourth-order valence-electron chi connectivity index (χ4n) is 10.2. The summed E-state index contributed by atoms with van der Waals surface area (Å²) in [6, 6.07) is 78.2. The van der Waals surface area contributed by atoms with Gasteiger partial charge in [0, 0.05) is 43.6 Å². The van der Waals surface area contributed by atoms with Crippen LogP contribution >= 0.6 is 10.5 Å². The Labute approximate surface area is 367 Å². The molecule has 2 nitrogen and oxygen atoms in total. The lowest BCUT2D eigenvalue weighted by Crippen LogP contribution is -2.03. The molecule has 3 heterocycles. The van der Waals surface area contributed by atoms with Gasteiger partial charge >= 0.3 is 0 Å². The van der Waals surface area contributed by atoms with Gasteiger partial charge < -0.3 is 0 Å². The molecule has 0 saturated carbocycles. The first-order valence-corrected chi connectivity index (χ1v) is 23.0. The zero-order valence-corrected chi connectivity index (χ0v) is 35.1. The van der Waals surface area contributed by atoms with Crippen LogP contribution in [0.25, 0.3) is 98.4 Å². The monoisotopic (exact) mass is 818 g/mol. The highest BCUT2D eigenvalue weighted by atomic mass is 32.2. The molecule has 0 amide bonds. The van der Waals surface area contributed by atoms with Crippen molar-refractivity contribution in [1.29, 1.82) is 0 Å². The van der Waals surface area contributed by atoms with Crippen LogP contribution in [0.15, 0.2) is 223 Å². The van der Waals surface area contributed by atoms with E-state index in [1.165, 1.54) is 91.8 Å². The van der Waals surface area contributed by atoms with Gasteiger partial charge in [-0.1, -0.05) is 194 Å². The molecule has 1 aliphatic heterocycles. The Hall–Kier alpha value is -7.72. The molecule has 13 rings (SSSR count). The smallest absolute Gasteiger partial charge is 0.0972 e. The Morgan fingerprint density at radius 2 is 0.952 bits per heavy atom. The first-order valence-electron chi connectivity index (χ1n) is 21.6. The second-order valence-electron chi connectivity index (χ2n) is 16.6. The van der Waals surface area contributed by atoms with Crippen molar-refractivity contribution in [3.05, 3.63) is 235 Å². The van der Waals surface area contributed by atoms with Crippen LogP contribution in [-0.4, -0.2) is 20.6 Å². The summed E-state index contributed by atoms with van der Waals surface area (Å²) in [4.78, 5) is 12.8. The van der Waals surface area contributed by atoms with Crippen molar-refractivity contribution < 1.29 is 0 Å². The lowest BCUT2D eigenvalue weighted by Gasteiger charge is -2.18. The maximum Gasteiger partial charge on any atom is 0.0972 e. The highest BCUT2D eigenvalue weighted by molar-refractivity contribution is 8.18. The molecule has 3 heteroatoms. The van der Waals surface area contributed by atoms with Gasteiger partial charge in [0.15, 0.2) is 0 Å². The standard InChI is InChI=1S/C60H38N2S/c1-3-11-40(12-4-1)57-52(37-63(60(57)46-13-5-2-6-14-46)54-35-30-43-25-24-41-15-9-16-42-28-31-51(54)56(43)55(41)42)39-22-20-38(21-23-39)47-32-33-50(49-19-8-7-18-48(47)49)53-34-29-45-27-26-44-17-10-36-61-58(44)59(45)62-53/h1-36H,37H2. The van der Waals surface area contributed by atoms with Crippen LogP contribution in [0, 0.1) is 0 Å². The molecular formula is C60H38N2S. The Bertz CT molecular complexity index is 3830. The second kappa shape index (κ2) is 14.4. The summed E-state index contributed by atoms with van der Waals surface area (Å²) in [5, 5.41) is 12.6. The zero-order valence-electron chi connectivity index (χ0n) is 34.3. The average Bonchev–Trinajstić information content (AvgIpc) is 3.76. The van der Waals surface area contributed by atoms with Crippen LogP contribution in [0.5, 0.6) is 0 Å². The van der Waals surface area contributed by atoms with Crippen molar-refractivity contribution in [1.82, 2.24) is 9.97 Å². The van der Waals surface area contributed by atoms with Gasteiger partial charge in [-0.2, -0.15) is 0 Å². The van der Waals surface area contributed by atoms with Crippen molar-refractivity contribution in [3.8, 4) is 22.4 Å². The van der Waals surface area contributed by atoms with Gasteiger partial charge in [-0.15, -0.1) is 10.5 Å². The molecule has 0 bridgehead atoms. The van der Waals surface area contributed by atoms with E-state index < -0.39 is 0 Å². The molecule has 1 unspecified atom stereocenters. The Morgan fingerprint density at radius 1 is 0.365 bits per heavy atom. The number of benzene rings is 10. The summed E-state index contributed by atoms with van der Waals surface area (Å²) in [5.41, 5.74) is 12.9. The second-order valence-corrected chi connectivity index (χ2v) is 18.5. The molecule has 1 aliphatic rings. The summed E-state index contributed by atoms with van der Waals surface area (Å²) in [6.07, 6.45) is 1.85. The van der Waals surface area contributed by atoms with E-state index >= 15 is 0 Å². The van der Waals surface area contributed by atoms with Crippen molar-refractivity contribution in [2.24, 2.45) is 0 Å². The molecular weight excluding hydrogens is 781 g/mol. The molecule has 0 fully saturated rings. The molecule has 2 aromatic heterocycles. The minimum Gasteiger partial charge on any atom is -0.254 e. The predicted octanol–water partition coefficient (Wildman–Crippen LogP) is 15.6. The number of pyridine rings is 2. The molecule has 0 N–H and O–H groups in total. The van der Waals surface area contributed by atoms with Crippen LogP contribution in [-0.2, 0) is 0 Å². The fourth-order valence-corrected chi connectivity index (χ4v) is 12.9. The van der Waals surface area contributed by atoms with Crippen molar-refractivity contribution in [2.45, 2.75) is 4.90 Å².